The third kappa shape index (κ3) is 3.87. The maximum absolute atomic E-state index is 12.5. The Morgan fingerprint density at radius 2 is 1.52 bits per heavy atom. The molecule has 0 spiro atoms. The van der Waals surface area contributed by atoms with E-state index in [0.717, 1.165) is 5.56 Å². The highest BCUT2D eigenvalue weighted by atomic mass is 32.2. The molecule has 25 heavy (non-hydrogen) atoms. The van der Waals surface area contributed by atoms with Gasteiger partial charge in [0.05, 0.1) is 21.4 Å². The van der Waals surface area contributed by atoms with Gasteiger partial charge in [0.15, 0.2) is 0 Å². The van der Waals surface area contributed by atoms with E-state index in [4.69, 9.17) is 10.00 Å². The van der Waals surface area contributed by atoms with Crippen molar-refractivity contribution in [2.45, 2.75) is 16.4 Å². The largest absolute Gasteiger partial charge is 0.489 e. The highest BCUT2D eigenvalue weighted by Gasteiger charge is 2.16. The van der Waals surface area contributed by atoms with Crippen molar-refractivity contribution in [3.8, 4) is 11.8 Å². The van der Waals surface area contributed by atoms with Gasteiger partial charge in [-0.15, -0.1) is 0 Å². The second kappa shape index (κ2) is 7.20. The molecule has 0 atom stereocenters. The van der Waals surface area contributed by atoms with Gasteiger partial charge in [0.1, 0.15) is 12.4 Å². The van der Waals surface area contributed by atoms with E-state index < -0.39 is 9.84 Å². The van der Waals surface area contributed by atoms with E-state index in [1.54, 1.807) is 60.7 Å². The van der Waals surface area contributed by atoms with Crippen LogP contribution in [0.2, 0.25) is 0 Å². The molecule has 0 fully saturated rings. The molecule has 0 aromatic heterocycles. The van der Waals surface area contributed by atoms with Crippen molar-refractivity contribution in [2.24, 2.45) is 0 Å². The van der Waals surface area contributed by atoms with Crippen LogP contribution in [0.15, 0.2) is 88.7 Å². The van der Waals surface area contributed by atoms with Crippen LogP contribution in [0, 0.1) is 11.3 Å². The summed E-state index contributed by atoms with van der Waals surface area (Å²) in [6.45, 7) is 0.306. The molecule has 0 saturated heterocycles. The fourth-order valence-electron chi connectivity index (χ4n) is 2.35. The second-order valence-corrected chi connectivity index (χ2v) is 7.34. The molecule has 124 valence electrons. The lowest BCUT2D eigenvalue weighted by atomic mass is 10.1. The van der Waals surface area contributed by atoms with Gasteiger partial charge in [0, 0.05) is 0 Å². The molecule has 3 aromatic rings. The van der Waals surface area contributed by atoms with Gasteiger partial charge in [-0.2, -0.15) is 5.26 Å². The van der Waals surface area contributed by atoms with Crippen molar-refractivity contribution in [2.75, 3.05) is 0 Å². The van der Waals surface area contributed by atoms with Gasteiger partial charge in [-0.25, -0.2) is 8.42 Å². The Morgan fingerprint density at radius 1 is 0.840 bits per heavy atom. The SMILES string of the molecule is N#Cc1cccc(COc2ccc(S(=O)(=O)c3ccccc3)cc2)c1. The van der Waals surface area contributed by atoms with Crippen molar-refractivity contribution in [3.05, 3.63) is 90.0 Å². The van der Waals surface area contributed by atoms with Crippen molar-refractivity contribution in [1.29, 1.82) is 5.26 Å². The topological polar surface area (TPSA) is 67.2 Å². The Morgan fingerprint density at radius 3 is 2.20 bits per heavy atom. The number of sulfone groups is 1. The first-order valence-electron chi connectivity index (χ1n) is 7.61. The molecule has 0 heterocycles. The lowest BCUT2D eigenvalue weighted by molar-refractivity contribution is 0.306. The van der Waals surface area contributed by atoms with E-state index in [9.17, 15) is 8.42 Å². The molecule has 0 unspecified atom stereocenters. The maximum Gasteiger partial charge on any atom is 0.206 e. The molecule has 0 saturated carbocycles. The zero-order valence-corrected chi connectivity index (χ0v) is 14.1. The van der Waals surface area contributed by atoms with E-state index in [2.05, 4.69) is 6.07 Å². The highest BCUT2D eigenvalue weighted by molar-refractivity contribution is 7.91. The number of hydrogen-bond donors (Lipinski definition) is 0. The number of ether oxygens (including phenoxy) is 1. The number of hydrogen-bond acceptors (Lipinski definition) is 4. The van der Waals surface area contributed by atoms with Crippen molar-refractivity contribution in [1.82, 2.24) is 0 Å². The number of rotatable bonds is 5. The fraction of sp³-hybridized carbons (Fsp3) is 0.0500. The van der Waals surface area contributed by atoms with Crippen LogP contribution in [0.5, 0.6) is 5.75 Å². The van der Waals surface area contributed by atoms with Gasteiger partial charge in [0.2, 0.25) is 9.84 Å². The van der Waals surface area contributed by atoms with Gasteiger partial charge in [-0.3, -0.25) is 0 Å². The molecule has 0 radical (unpaired) electrons. The summed E-state index contributed by atoms with van der Waals surface area (Å²) < 4.78 is 30.7. The van der Waals surface area contributed by atoms with Crippen molar-refractivity contribution in [3.63, 3.8) is 0 Å². The Balaban J connectivity index is 1.73. The van der Waals surface area contributed by atoms with Crippen LogP contribution in [0.1, 0.15) is 11.1 Å². The Labute approximate surface area is 146 Å². The van der Waals surface area contributed by atoms with Gasteiger partial charge < -0.3 is 4.74 Å². The molecule has 4 nitrogen and oxygen atoms in total. The molecular weight excluding hydrogens is 334 g/mol. The Bertz CT molecular complexity index is 1000. The quantitative estimate of drug-likeness (QED) is 0.699. The molecule has 0 aliphatic heterocycles. The van der Waals surface area contributed by atoms with Gasteiger partial charge in [-0.05, 0) is 54.1 Å². The first-order chi connectivity index (χ1) is 12.1. The molecule has 0 bridgehead atoms. The molecule has 0 aliphatic rings. The lowest BCUT2D eigenvalue weighted by Gasteiger charge is -2.08. The summed E-state index contributed by atoms with van der Waals surface area (Å²) >= 11 is 0. The van der Waals surface area contributed by atoms with Crippen LogP contribution in [0.3, 0.4) is 0 Å². The van der Waals surface area contributed by atoms with Crippen LogP contribution in [-0.4, -0.2) is 8.42 Å². The smallest absolute Gasteiger partial charge is 0.206 e. The summed E-state index contributed by atoms with van der Waals surface area (Å²) in [4.78, 5) is 0.481. The highest BCUT2D eigenvalue weighted by Crippen LogP contribution is 2.23. The molecule has 0 amide bonds. The van der Waals surface area contributed by atoms with Crippen LogP contribution in [0.25, 0.3) is 0 Å². The van der Waals surface area contributed by atoms with Gasteiger partial charge >= 0.3 is 0 Å². The van der Waals surface area contributed by atoms with Crippen LogP contribution >= 0.6 is 0 Å². The third-order valence-electron chi connectivity index (χ3n) is 3.65. The molecule has 0 aliphatic carbocycles. The Hall–Kier alpha value is -3.10. The van der Waals surface area contributed by atoms with E-state index in [-0.39, 0.29) is 9.79 Å². The van der Waals surface area contributed by atoms with E-state index in [1.165, 1.54) is 12.1 Å². The first-order valence-corrected chi connectivity index (χ1v) is 9.10. The lowest BCUT2D eigenvalue weighted by Crippen LogP contribution is -2.02. The number of benzene rings is 3. The van der Waals surface area contributed by atoms with Crippen molar-refractivity contribution < 1.29 is 13.2 Å². The van der Waals surface area contributed by atoms with Crippen LogP contribution in [0.4, 0.5) is 0 Å². The predicted molar refractivity (Wildman–Crippen MR) is 93.8 cm³/mol. The summed E-state index contributed by atoms with van der Waals surface area (Å²) in [5.74, 6) is 0.564. The van der Waals surface area contributed by atoms with E-state index >= 15 is 0 Å². The van der Waals surface area contributed by atoms with Crippen molar-refractivity contribution >= 4 is 9.84 Å². The molecule has 3 aromatic carbocycles. The standard InChI is InChI=1S/C20H15NO3S/c21-14-16-5-4-6-17(13-16)15-24-18-9-11-20(12-10-18)25(22,23)19-7-2-1-3-8-19/h1-13H,15H2. The molecule has 0 N–H and O–H groups in total. The number of nitrogens with zero attached hydrogens (tertiary/aromatic N) is 1. The maximum atomic E-state index is 12.5. The number of nitriles is 1. The second-order valence-electron chi connectivity index (χ2n) is 5.39. The average Bonchev–Trinajstić information content (AvgIpc) is 2.67. The summed E-state index contributed by atoms with van der Waals surface area (Å²) in [5, 5.41) is 8.90. The monoisotopic (exact) mass is 349 g/mol. The Kier molecular flexibility index (Phi) is 4.82. The average molecular weight is 349 g/mol. The zero-order chi connectivity index (χ0) is 17.7. The zero-order valence-electron chi connectivity index (χ0n) is 13.3. The predicted octanol–water partition coefficient (Wildman–Crippen LogP) is 3.97. The van der Waals surface area contributed by atoms with Crippen LogP contribution < -0.4 is 4.74 Å². The first kappa shape index (κ1) is 16.7. The molecule has 5 heteroatoms. The van der Waals surface area contributed by atoms with E-state index in [1.807, 2.05) is 6.07 Å². The minimum atomic E-state index is -3.52. The minimum absolute atomic E-state index is 0.220. The van der Waals surface area contributed by atoms with Crippen LogP contribution in [-0.2, 0) is 16.4 Å². The molecule has 3 rings (SSSR count). The normalized spacial score (nSPS) is 10.8. The summed E-state index contributed by atoms with van der Waals surface area (Å²) in [7, 11) is -3.52. The summed E-state index contributed by atoms with van der Waals surface area (Å²) in [5.41, 5.74) is 1.45. The summed E-state index contributed by atoms with van der Waals surface area (Å²) in [6.07, 6.45) is 0. The van der Waals surface area contributed by atoms with Gasteiger partial charge in [-0.1, -0.05) is 30.3 Å². The molecular formula is C20H15NO3S. The third-order valence-corrected chi connectivity index (χ3v) is 5.43. The minimum Gasteiger partial charge on any atom is -0.489 e. The van der Waals surface area contributed by atoms with Gasteiger partial charge in [0.25, 0.3) is 0 Å². The fourth-order valence-corrected chi connectivity index (χ4v) is 3.63. The van der Waals surface area contributed by atoms with E-state index in [0.29, 0.717) is 17.9 Å². The summed E-state index contributed by atoms with van der Waals surface area (Å²) in [6, 6.07) is 23.9.